The fraction of sp³-hybridized carbons (Fsp3) is 0.120. The first-order valence-electron chi connectivity index (χ1n) is 10.2. The van der Waals surface area contributed by atoms with Gasteiger partial charge in [0.2, 0.25) is 0 Å². The zero-order valence-corrected chi connectivity index (χ0v) is 17.5. The Balaban J connectivity index is 1.39. The first kappa shape index (κ1) is 18.9. The number of aromatic nitrogens is 2. The normalized spacial score (nSPS) is 13.1. The molecule has 0 radical (unpaired) electrons. The third-order valence-corrected chi connectivity index (χ3v) is 5.16. The summed E-state index contributed by atoms with van der Waals surface area (Å²) in [6, 6.07) is 26.2. The number of ether oxygens (including phenoxy) is 1. The molecule has 0 unspecified atom stereocenters. The van der Waals surface area contributed by atoms with Crippen LogP contribution < -0.4 is 9.75 Å². The van der Waals surface area contributed by atoms with Crippen LogP contribution >= 0.6 is 0 Å². The SMILES string of the molecule is Cc1nn(-c2cccc(Oc3cccc(N4CN(C)C=N4)c3)c2)cc1-c1ccccc1. The average Bonchev–Trinajstić information content (AvgIpc) is 3.40. The van der Waals surface area contributed by atoms with E-state index in [9.17, 15) is 0 Å². The summed E-state index contributed by atoms with van der Waals surface area (Å²) in [6.45, 7) is 2.75. The van der Waals surface area contributed by atoms with Crippen molar-refractivity contribution in [2.24, 2.45) is 5.10 Å². The van der Waals surface area contributed by atoms with Crippen LogP contribution in [0.1, 0.15) is 5.69 Å². The van der Waals surface area contributed by atoms with Crippen LogP contribution in [0.25, 0.3) is 16.8 Å². The van der Waals surface area contributed by atoms with Crippen molar-refractivity contribution in [2.75, 3.05) is 18.7 Å². The van der Waals surface area contributed by atoms with Crippen LogP contribution in [0.3, 0.4) is 0 Å². The highest BCUT2D eigenvalue weighted by molar-refractivity contribution is 5.66. The standard InChI is InChI=1S/C25H23N5O/c1-19-25(20-8-4-3-5-9-20)16-29(27-19)21-10-6-12-23(14-21)31-24-13-7-11-22(15-24)30-18-28(2)17-26-30/h3-17H,18H2,1-2H3. The molecule has 4 aromatic rings. The third-order valence-electron chi connectivity index (χ3n) is 5.16. The van der Waals surface area contributed by atoms with Crippen molar-refractivity contribution in [1.82, 2.24) is 14.7 Å². The van der Waals surface area contributed by atoms with Gasteiger partial charge in [0, 0.05) is 30.9 Å². The van der Waals surface area contributed by atoms with E-state index in [0.717, 1.165) is 46.4 Å². The maximum Gasteiger partial charge on any atom is 0.129 e. The molecule has 1 aromatic heterocycles. The molecule has 31 heavy (non-hydrogen) atoms. The largest absolute Gasteiger partial charge is 0.457 e. The molecule has 0 N–H and O–H groups in total. The monoisotopic (exact) mass is 409 g/mol. The van der Waals surface area contributed by atoms with E-state index < -0.39 is 0 Å². The lowest BCUT2D eigenvalue weighted by Crippen LogP contribution is -2.22. The minimum atomic E-state index is 0.724. The molecule has 0 saturated carbocycles. The van der Waals surface area contributed by atoms with Crippen molar-refractivity contribution in [3.8, 4) is 28.3 Å². The molecule has 0 aliphatic carbocycles. The zero-order valence-electron chi connectivity index (χ0n) is 17.5. The van der Waals surface area contributed by atoms with Crippen LogP contribution in [0.4, 0.5) is 5.69 Å². The predicted octanol–water partition coefficient (Wildman–Crippen LogP) is 5.29. The molecule has 0 saturated heterocycles. The molecule has 3 aromatic carbocycles. The maximum absolute atomic E-state index is 6.16. The van der Waals surface area contributed by atoms with Crippen LogP contribution in [0.5, 0.6) is 11.5 Å². The Hall–Kier alpha value is -4.06. The van der Waals surface area contributed by atoms with Crippen molar-refractivity contribution < 1.29 is 4.74 Å². The molecular formula is C25H23N5O. The van der Waals surface area contributed by atoms with Gasteiger partial charge < -0.3 is 9.64 Å². The number of hydrogen-bond acceptors (Lipinski definition) is 5. The summed E-state index contributed by atoms with van der Waals surface area (Å²) < 4.78 is 8.05. The minimum absolute atomic E-state index is 0.724. The molecule has 0 bridgehead atoms. The van der Waals surface area contributed by atoms with Gasteiger partial charge in [-0.15, -0.1) is 0 Å². The highest BCUT2D eigenvalue weighted by atomic mass is 16.5. The first-order chi connectivity index (χ1) is 15.2. The van der Waals surface area contributed by atoms with Crippen molar-refractivity contribution in [2.45, 2.75) is 6.92 Å². The zero-order chi connectivity index (χ0) is 21.2. The van der Waals surface area contributed by atoms with E-state index in [1.165, 1.54) is 0 Å². The van der Waals surface area contributed by atoms with Crippen molar-refractivity contribution >= 4 is 12.0 Å². The summed E-state index contributed by atoms with van der Waals surface area (Å²) in [5, 5.41) is 11.0. The van der Waals surface area contributed by atoms with E-state index in [1.54, 1.807) is 0 Å². The lowest BCUT2D eigenvalue weighted by Gasteiger charge is -2.16. The lowest BCUT2D eigenvalue weighted by molar-refractivity contribution is 0.481. The summed E-state index contributed by atoms with van der Waals surface area (Å²) >= 11 is 0. The van der Waals surface area contributed by atoms with Gasteiger partial charge in [0.1, 0.15) is 24.5 Å². The molecule has 0 fully saturated rings. The molecule has 5 rings (SSSR count). The summed E-state index contributed by atoms with van der Waals surface area (Å²) in [5.74, 6) is 1.52. The summed E-state index contributed by atoms with van der Waals surface area (Å²) in [6.07, 6.45) is 3.87. The summed E-state index contributed by atoms with van der Waals surface area (Å²) in [7, 11) is 2.00. The summed E-state index contributed by atoms with van der Waals surface area (Å²) in [5.41, 5.74) is 5.21. The van der Waals surface area contributed by atoms with Crippen LogP contribution in [-0.4, -0.2) is 34.7 Å². The first-order valence-corrected chi connectivity index (χ1v) is 10.2. The van der Waals surface area contributed by atoms with E-state index in [2.05, 4.69) is 23.4 Å². The average molecular weight is 409 g/mol. The number of hydrazone groups is 1. The van der Waals surface area contributed by atoms with Gasteiger partial charge in [-0.1, -0.05) is 42.5 Å². The van der Waals surface area contributed by atoms with Crippen molar-refractivity contribution in [3.05, 3.63) is 90.8 Å². The molecular weight excluding hydrogens is 386 g/mol. The molecule has 6 nitrogen and oxygen atoms in total. The van der Waals surface area contributed by atoms with Gasteiger partial charge in [0.05, 0.1) is 17.1 Å². The number of nitrogens with zero attached hydrogens (tertiary/aromatic N) is 5. The molecule has 1 aliphatic heterocycles. The van der Waals surface area contributed by atoms with E-state index in [-0.39, 0.29) is 0 Å². The van der Waals surface area contributed by atoms with Gasteiger partial charge >= 0.3 is 0 Å². The quantitative estimate of drug-likeness (QED) is 0.449. The fourth-order valence-corrected chi connectivity index (χ4v) is 3.61. The van der Waals surface area contributed by atoms with E-state index in [4.69, 9.17) is 9.84 Å². The van der Waals surface area contributed by atoms with Crippen LogP contribution in [0, 0.1) is 6.92 Å². The van der Waals surface area contributed by atoms with E-state index >= 15 is 0 Å². The number of anilines is 1. The highest BCUT2D eigenvalue weighted by Gasteiger charge is 2.13. The molecule has 1 aliphatic rings. The lowest BCUT2D eigenvalue weighted by atomic mass is 10.1. The van der Waals surface area contributed by atoms with Crippen LogP contribution in [0.15, 0.2) is 90.2 Å². The second-order valence-electron chi connectivity index (χ2n) is 7.56. The predicted molar refractivity (Wildman–Crippen MR) is 124 cm³/mol. The minimum Gasteiger partial charge on any atom is -0.457 e. The smallest absolute Gasteiger partial charge is 0.129 e. The summed E-state index contributed by atoms with van der Waals surface area (Å²) in [4.78, 5) is 2.02. The maximum atomic E-state index is 6.16. The molecule has 0 spiro atoms. The fourth-order valence-electron chi connectivity index (χ4n) is 3.61. The van der Waals surface area contributed by atoms with Gasteiger partial charge in [-0.25, -0.2) is 9.69 Å². The van der Waals surface area contributed by atoms with Gasteiger partial charge in [0.15, 0.2) is 0 Å². The van der Waals surface area contributed by atoms with Gasteiger partial charge in [-0.05, 0) is 36.8 Å². The molecule has 2 heterocycles. The van der Waals surface area contributed by atoms with E-state index in [1.807, 2.05) is 102 Å². The van der Waals surface area contributed by atoms with Crippen molar-refractivity contribution in [3.63, 3.8) is 0 Å². The van der Waals surface area contributed by atoms with Crippen LogP contribution in [-0.2, 0) is 0 Å². The number of rotatable bonds is 5. The molecule has 6 heteroatoms. The van der Waals surface area contributed by atoms with Crippen LogP contribution in [0.2, 0.25) is 0 Å². The van der Waals surface area contributed by atoms with Gasteiger partial charge in [-0.3, -0.25) is 0 Å². The molecule has 0 amide bonds. The third kappa shape index (κ3) is 4.00. The Kier molecular flexibility index (Phi) is 4.88. The number of benzene rings is 3. The molecule has 0 atom stereocenters. The van der Waals surface area contributed by atoms with Gasteiger partial charge in [-0.2, -0.15) is 10.2 Å². The Bertz CT molecular complexity index is 1230. The number of aryl methyl sites for hydroxylation is 1. The highest BCUT2D eigenvalue weighted by Crippen LogP contribution is 2.29. The Morgan fingerprint density at radius 2 is 1.55 bits per heavy atom. The van der Waals surface area contributed by atoms with Gasteiger partial charge in [0.25, 0.3) is 0 Å². The topological polar surface area (TPSA) is 45.9 Å². The second-order valence-corrected chi connectivity index (χ2v) is 7.56. The Morgan fingerprint density at radius 3 is 2.26 bits per heavy atom. The Morgan fingerprint density at radius 1 is 0.839 bits per heavy atom. The van der Waals surface area contributed by atoms with Crippen molar-refractivity contribution in [1.29, 1.82) is 0 Å². The number of hydrogen-bond donors (Lipinski definition) is 0. The van der Waals surface area contributed by atoms with E-state index in [0.29, 0.717) is 0 Å². The second kappa shape index (κ2) is 7.99. The molecule has 154 valence electrons. The Labute approximate surface area is 181 Å².